The Morgan fingerprint density at radius 1 is 1.38 bits per heavy atom. The lowest BCUT2D eigenvalue weighted by molar-refractivity contribution is -0.109. The monoisotopic (exact) mass is 176 g/mol. The first kappa shape index (κ1) is 7.98. The standard InChI is InChI=1S/C10H8O3/c11-6-5-9-7-3-1-2-4-8(7)10(12)13-9/h1-4,6,9H,5H2. The summed E-state index contributed by atoms with van der Waals surface area (Å²) in [6.07, 6.45) is 0.629. The fourth-order valence-electron chi connectivity index (χ4n) is 1.48. The average Bonchev–Trinajstić information content (AvgIpc) is 2.46. The van der Waals surface area contributed by atoms with Crippen molar-refractivity contribution in [1.82, 2.24) is 0 Å². The maximum atomic E-state index is 11.2. The summed E-state index contributed by atoms with van der Waals surface area (Å²) < 4.78 is 5.00. The van der Waals surface area contributed by atoms with Crippen LogP contribution in [0.2, 0.25) is 0 Å². The van der Waals surface area contributed by atoms with E-state index in [1.54, 1.807) is 12.1 Å². The Labute approximate surface area is 75.3 Å². The van der Waals surface area contributed by atoms with Gasteiger partial charge in [-0.15, -0.1) is 0 Å². The molecule has 1 aliphatic heterocycles. The van der Waals surface area contributed by atoms with Gasteiger partial charge in [-0.3, -0.25) is 0 Å². The number of ether oxygens (including phenoxy) is 1. The van der Waals surface area contributed by atoms with Gasteiger partial charge in [-0.05, 0) is 6.07 Å². The van der Waals surface area contributed by atoms with Gasteiger partial charge in [0.25, 0.3) is 0 Å². The Balaban J connectivity index is 2.41. The van der Waals surface area contributed by atoms with Crippen molar-refractivity contribution in [3.63, 3.8) is 0 Å². The van der Waals surface area contributed by atoms with Gasteiger partial charge in [-0.2, -0.15) is 0 Å². The number of hydrogen-bond acceptors (Lipinski definition) is 3. The van der Waals surface area contributed by atoms with Crippen molar-refractivity contribution in [2.24, 2.45) is 0 Å². The van der Waals surface area contributed by atoms with Crippen LogP contribution in [0.15, 0.2) is 24.3 Å². The zero-order valence-electron chi connectivity index (χ0n) is 6.90. The third-order valence-corrected chi connectivity index (χ3v) is 2.09. The molecule has 1 aromatic rings. The molecule has 0 spiro atoms. The number of cyclic esters (lactones) is 1. The fraction of sp³-hybridized carbons (Fsp3) is 0.200. The number of benzene rings is 1. The van der Waals surface area contributed by atoms with Crippen molar-refractivity contribution < 1.29 is 14.3 Å². The van der Waals surface area contributed by atoms with Gasteiger partial charge >= 0.3 is 5.97 Å². The molecule has 1 aromatic carbocycles. The Morgan fingerprint density at radius 3 is 2.92 bits per heavy atom. The van der Waals surface area contributed by atoms with Crippen molar-refractivity contribution in [2.45, 2.75) is 12.5 Å². The van der Waals surface area contributed by atoms with E-state index in [-0.39, 0.29) is 18.5 Å². The van der Waals surface area contributed by atoms with E-state index < -0.39 is 0 Å². The van der Waals surface area contributed by atoms with Crippen LogP contribution >= 0.6 is 0 Å². The van der Waals surface area contributed by atoms with Crippen LogP contribution in [-0.4, -0.2) is 12.3 Å². The summed E-state index contributed by atoms with van der Waals surface area (Å²) in [4.78, 5) is 21.5. The van der Waals surface area contributed by atoms with Gasteiger partial charge in [0.05, 0.1) is 5.56 Å². The zero-order chi connectivity index (χ0) is 9.26. The number of esters is 1. The fourth-order valence-corrected chi connectivity index (χ4v) is 1.48. The molecule has 2 rings (SSSR count). The predicted molar refractivity (Wildman–Crippen MR) is 45.3 cm³/mol. The van der Waals surface area contributed by atoms with E-state index in [1.165, 1.54) is 0 Å². The maximum absolute atomic E-state index is 11.2. The molecule has 13 heavy (non-hydrogen) atoms. The summed E-state index contributed by atoms with van der Waals surface area (Å²) in [5.74, 6) is -0.331. The molecule has 0 saturated heterocycles. The van der Waals surface area contributed by atoms with Gasteiger partial charge in [-0.1, -0.05) is 18.2 Å². The highest BCUT2D eigenvalue weighted by atomic mass is 16.5. The Morgan fingerprint density at radius 2 is 2.15 bits per heavy atom. The minimum Gasteiger partial charge on any atom is -0.453 e. The van der Waals surface area contributed by atoms with Crippen LogP contribution in [0.4, 0.5) is 0 Å². The van der Waals surface area contributed by atoms with Gasteiger partial charge < -0.3 is 9.53 Å². The second-order valence-electron chi connectivity index (χ2n) is 2.88. The highest BCUT2D eigenvalue weighted by molar-refractivity contribution is 5.94. The summed E-state index contributed by atoms with van der Waals surface area (Å²) in [5, 5.41) is 0. The number of carbonyl (C=O) groups excluding carboxylic acids is 2. The van der Waals surface area contributed by atoms with E-state index >= 15 is 0 Å². The zero-order valence-corrected chi connectivity index (χ0v) is 6.90. The van der Waals surface area contributed by atoms with Crippen molar-refractivity contribution in [2.75, 3.05) is 0 Å². The molecule has 0 amide bonds. The van der Waals surface area contributed by atoms with Crippen LogP contribution in [0.3, 0.4) is 0 Å². The lowest BCUT2D eigenvalue weighted by atomic mass is 10.0. The van der Waals surface area contributed by atoms with Crippen LogP contribution < -0.4 is 0 Å². The van der Waals surface area contributed by atoms with E-state index in [4.69, 9.17) is 4.74 Å². The molecule has 0 saturated carbocycles. The predicted octanol–water partition coefficient (Wildman–Crippen LogP) is 1.49. The highest BCUT2D eigenvalue weighted by Crippen LogP contribution is 2.31. The van der Waals surface area contributed by atoms with Gasteiger partial charge in [0, 0.05) is 12.0 Å². The number of hydrogen-bond donors (Lipinski definition) is 0. The first-order valence-electron chi connectivity index (χ1n) is 4.06. The van der Waals surface area contributed by atoms with Crippen molar-refractivity contribution in [3.05, 3.63) is 35.4 Å². The molecule has 66 valence electrons. The van der Waals surface area contributed by atoms with Crippen LogP contribution in [0.5, 0.6) is 0 Å². The highest BCUT2D eigenvalue weighted by Gasteiger charge is 2.29. The lowest BCUT2D eigenvalue weighted by Crippen LogP contribution is -1.98. The van der Waals surface area contributed by atoms with E-state index in [0.29, 0.717) is 5.56 Å². The second kappa shape index (κ2) is 3.01. The van der Waals surface area contributed by atoms with E-state index in [9.17, 15) is 9.59 Å². The molecule has 0 aromatic heterocycles. The molecule has 0 bridgehead atoms. The van der Waals surface area contributed by atoms with Crippen molar-refractivity contribution >= 4 is 12.3 Å². The molecule has 0 fully saturated rings. The van der Waals surface area contributed by atoms with Crippen LogP contribution in [0, 0.1) is 0 Å². The summed E-state index contributed by atoms with van der Waals surface area (Å²) in [7, 11) is 0. The third-order valence-electron chi connectivity index (χ3n) is 2.09. The first-order valence-corrected chi connectivity index (χ1v) is 4.06. The molecular formula is C10H8O3. The quantitative estimate of drug-likeness (QED) is 0.506. The van der Waals surface area contributed by atoms with Gasteiger partial charge in [0.1, 0.15) is 12.4 Å². The minimum atomic E-state index is -0.374. The Kier molecular flexibility index (Phi) is 1.85. The van der Waals surface area contributed by atoms with Gasteiger partial charge in [-0.25, -0.2) is 4.79 Å². The summed E-state index contributed by atoms with van der Waals surface area (Å²) in [5.41, 5.74) is 1.40. The van der Waals surface area contributed by atoms with Crippen LogP contribution in [0.25, 0.3) is 0 Å². The number of aldehydes is 1. The van der Waals surface area contributed by atoms with Gasteiger partial charge in [0.15, 0.2) is 0 Å². The summed E-state index contributed by atoms with van der Waals surface area (Å²) in [6.45, 7) is 0. The number of rotatable bonds is 2. The molecule has 0 aliphatic carbocycles. The van der Waals surface area contributed by atoms with Gasteiger partial charge in [0.2, 0.25) is 0 Å². The van der Waals surface area contributed by atoms with Crippen LogP contribution in [-0.2, 0) is 9.53 Å². The van der Waals surface area contributed by atoms with Crippen molar-refractivity contribution in [1.29, 1.82) is 0 Å². The smallest absolute Gasteiger partial charge is 0.339 e. The number of fused-ring (bicyclic) bond motifs is 1. The lowest BCUT2D eigenvalue weighted by Gasteiger charge is -2.04. The molecule has 1 heterocycles. The van der Waals surface area contributed by atoms with Crippen LogP contribution in [0.1, 0.15) is 28.4 Å². The van der Waals surface area contributed by atoms with E-state index in [1.807, 2.05) is 12.1 Å². The van der Waals surface area contributed by atoms with Crippen molar-refractivity contribution in [3.8, 4) is 0 Å². The summed E-state index contributed by atoms with van der Waals surface area (Å²) >= 11 is 0. The average molecular weight is 176 g/mol. The second-order valence-corrected chi connectivity index (χ2v) is 2.88. The molecule has 1 atom stereocenters. The molecule has 1 aliphatic rings. The summed E-state index contributed by atoms with van der Waals surface area (Å²) in [6, 6.07) is 7.14. The van der Waals surface area contributed by atoms with E-state index in [2.05, 4.69) is 0 Å². The molecule has 3 nitrogen and oxygen atoms in total. The topological polar surface area (TPSA) is 43.4 Å². The maximum Gasteiger partial charge on any atom is 0.339 e. The van der Waals surface area contributed by atoms with E-state index in [0.717, 1.165) is 11.8 Å². The molecule has 1 unspecified atom stereocenters. The first-order chi connectivity index (χ1) is 6.33. The normalized spacial score (nSPS) is 19.4. The SMILES string of the molecule is O=CCC1OC(=O)c2ccccc21. The Bertz CT molecular complexity index is 357. The Hall–Kier alpha value is -1.64. The molecule has 0 N–H and O–H groups in total. The third kappa shape index (κ3) is 1.22. The molecular weight excluding hydrogens is 168 g/mol. The molecule has 3 heteroatoms. The number of carbonyl (C=O) groups is 2. The molecule has 0 radical (unpaired) electrons. The largest absolute Gasteiger partial charge is 0.453 e. The minimum absolute atomic E-state index is 0.239.